The molecule has 0 fully saturated rings. The third-order valence-corrected chi connectivity index (χ3v) is 4.92. The number of nitrogens with zero attached hydrogens (tertiary/aromatic N) is 6. The van der Waals surface area contributed by atoms with Gasteiger partial charge in [-0.2, -0.15) is 5.26 Å². The predicted molar refractivity (Wildman–Crippen MR) is 118 cm³/mol. The van der Waals surface area contributed by atoms with Gasteiger partial charge in [-0.3, -0.25) is 5.01 Å². The number of oxazole rings is 1. The summed E-state index contributed by atoms with van der Waals surface area (Å²) < 4.78 is 13.7. The van der Waals surface area contributed by atoms with Gasteiger partial charge in [0, 0.05) is 6.07 Å². The number of aromatic nitrogens is 4. The van der Waals surface area contributed by atoms with Crippen molar-refractivity contribution in [2.24, 2.45) is 0 Å². The number of fused-ring (bicyclic) bond motifs is 1. The van der Waals surface area contributed by atoms with Gasteiger partial charge in [0.2, 0.25) is 5.89 Å². The molecule has 0 aliphatic carbocycles. The van der Waals surface area contributed by atoms with Crippen molar-refractivity contribution in [2.75, 3.05) is 5.01 Å². The highest BCUT2D eigenvalue weighted by atomic mass is 16.5. The molecule has 5 aromatic rings. The van der Waals surface area contributed by atoms with Crippen LogP contribution in [0.4, 0.5) is 5.69 Å². The fourth-order valence-corrected chi connectivity index (χ4v) is 3.31. The second-order valence-corrected chi connectivity index (χ2v) is 7.07. The first kappa shape index (κ1) is 19.3. The van der Waals surface area contributed by atoms with Crippen LogP contribution in [0.15, 0.2) is 89.9 Å². The van der Waals surface area contributed by atoms with Crippen molar-refractivity contribution in [2.45, 2.75) is 13.2 Å². The molecular weight excluding hydrogens is 404 g/mol. The zero-order valence-electron chi connectivity index (χ0n) is 17.0. The van der Waals surface area contributed by atoms with E-state index >= 15 is 0 Å². The lowest BCUT2D eigenvalue weighted by atomic mass is 10.2. The number of hydrogen-bond donors (Lipinski definition) is 0. The van der Waals surface area contributed by atoms with Gasteiger partial charge in [-0.25, -0.2) is 9.66 Å². The molecule has 0 aliphatic heterocycles. The SMILES string of the molecule is N#Cc1ccc(N(Cc2nc3ccc(OCc4ccccc4)cc3o2)n2cnnc2)cc1. The third kappa shape index (κ3) is 4.13. The van der Waals surface area contributed by atoms with Gasteiger partial charge in [-0.1, -0.05) is 30.3 Å². The van der Waals surface area contributed by atoms with E-state index in [0.717, 1.165) is 16.8 Å². The van der Waals surface area contributed by atoms with Crippen LogP contribution >= 0.6 is 0 Å². The van der Waals surface area contributed by atoms with E-state index in [1.807, 2.05) is 65.7 Å². The Kier molecular flexibility index (Phi) is 5.20. The lowest BCUT2D eigenvalue weighted by Crippen LogP contribution is -2.28. The summed E-state index contributed by atoms with van der Waals surface area (Å²) in [4.78, 5) is 4.61. The van der Waals surface area contributed by atoms with E-state index in [2.05, 4.69) is 21.3 Å². The van der Waals surface area contributed by atoms with Crippen molar-refractivity contribution in [1.82, 2.24) is 19.9 Å². The van der Waals surface area contributed by atoms with Gasteiger partial charge in [0.1, 0.15) is 37.1 Å². The normalized spacial score (nSPS) is 10.7. The Labute approximate surface area is 183 Å². The molecule has 32 heavy (non-hydrogen) atoms. The molecule has 3 aromatic carbocycles. The van der Waals surface area contributed by atoms with E-state index in [9.17, 15) is 0 Å². The first-order valence-electron chi connectivity index (χ1n) is 9.97. The Hall–Kier alpha value is -4.64. The zero-order chi connectivity index (χ0) is 21.8. The topological polar surface area (TPSA) is 93.0 Å². The molecule has 2 heterocycles. The summed E-state index contributed by atoms with van der Waals surface area (Å²) in [5, 5.41) is 18.8. The Morgan fingerprint density at radius 1 is 0.969 bits per heavy atom. The van der Waals surface area contributed by atoms with Crippen molar-refractivity contribution < 1.29 is 9.15 Å². The molecule has 8 heteroatoms. The van der Waals surface area contributed by atoms with Crippen LogP contribution in [0.2, 0.25) is 0 Å². The van der Waals surface area contributed by atoms with E-state index in [-0.39, 0.29) is 0 Å². The summed E-state index contributed by atoms with van der Waals surface area (Å²) in [6, 6.07) is 25.0. The molecular formula is C24H18N6O2. The van der Waals surface area contributed by atoms with E-state index in [1.165, 1.54) is 0 Å². The summed E-state index contributed by atoms with van der Waals surface area (Å²) in [6.07, 6.45) is 3.19. The van der Waals surface area contributed by atoms with Crippen LogP contribution in [-0.2, 0) is 13.2 Å². The standard InChI is InChI=1S/C24H18N6O2/c25-13-18-6-8-20(9-7-18)30(29-16-26-27-17-29)14-24-28-22-11-10-21(12-23(22)32-24)31-15-19-4-2-1-3-5-19/h1-12,16-17H,14-15H2. The van der Waals surface area contributed by atoms with E-state index in [4.69, 9.17) is 14.4 Å². The molecule has 156 valence electrons. The van der Waals surface area contributed by atoms with Crippen molar-refractivity contribution >= 4 is 16.8 Å². The highest BCUT2D eigenvalue weighted by molar-refractivity contribution is 5.74. The molecule has 0 N–H and O–H groups in total. The van der Waals surface area contributed by atoms with E-state index in [0.29, 0.717) is 35.9 Å². The van der Waals surface area contributed by atoms with Gasteiger partial charge in [-0.05, 0) is 42.0 Å². The second-order valence-electron chi connectivity index (χ2n) is 7.07. The fraction of sp³-hybridized carbons (Fsp3) is 0.0833. The average molecular weight is 422 g/mol. The minimum Gasteiger partial charge on any atom is -0.489 e. The molecule has 0 unspecified atom stereocenters. The Morgan fingerprint density at radius 3 is 2.50 bits per heavy atom. The van der Waals surface area contributed by atoms with Crippen molar-refractivity contribution in [1.29, 1.82) is 5.26 Å². The summed E-state index contributed by atoms with van der Waals surface area (Å²) in [6.45, 7) is 0.826. The van der Waals surface area contributed by atoms with Gasteiger partial charge >= 0.3 is 0 Å². The van der Waals surface area contributed by atoms with Crippen LogP contribution in [0.3, 0.4) is 0 Å². The van der Waals surface area contributed by atoms with Gasteiger partial charge in [-0.15, -0.1) is 10.2 Å². The summed E-state index contributed by atoms with van der Waals surface area (Å²) >= 11 is 0. The molecule has 8 nitrogen and oxygen atoms in total. The number of benzene rings is 3. The maximum Gasteiger partial charge on any atom is 0.217 e. The molecule has 0 saturated carbocycles. The van der Waals surface area contributed by atoms with Crippen LogP contribution in [0, 0.1) is 11.3 Å². The van der Waals surface area contributed by atoms with Crippen molar-refractivity contribution in [3.05, 3.63) is 102 Å². The van der Waals surface area contributed by atoms with Crippen LogP contribution in [0.25, 0.3) is 11.1 Å². The highest BCUT2D eigenvalue weighted by Crippen LogP contribution is 2.25. The molecule has 0 saturated heterocycles. The summed E-state index contributed by atoms with van der Waals surface area (Å²) in [5.74, 6) is 1.24. The Balaban J connectivity index is 1.38. The van der Waals surface area contributed by atoms with E-state index < -0.39 is 0 Å². The first-order valence-corrected chi connectivity index (χ1v) is 9.97. The molecule has 0 bridgehead atoms. The predicted octanol–water partition coefficient (Wildman–Crippen LogP) is 4.34. The summed E-state index contributed by atoms with van der Waals surface area (Å²) in [7, 11) is 0. The monoisotopic (exact) mass is 422 g/mol. The minimum atomic E-state index is 0.346. The van der Waals surface area contributed by atoms with Crippen molar-refractivity contribution in [3.8, 4) is 11.8 Å². The smallest absolute Gasteiger partial charge is 0.217 e. The van der Waals surface area contributed by atoms with Crippen LogP contribution in [-0.4, -0.2) is 19.9 Å². The van der Waals surface area contributed by atoms with Crippen molar-refractivity contribution in [3.63, 3.8) is 0 Å². The van der Waals surface area contributed by atoms with Gasteiger partial charge in [0.05, 0.1) is 17.3 Å². The van der Waals surface area contributed by atoms with Gasteiger partial charge in [0.25, 0.3) is 0 Å². The number of nitriles is 1. The molecule has 2 aromatic heterocycles. The Bertz CT molecular complexity index is 1360. The molecule has 0 amide bonds. The highest BCUT2D eigenvalue weighted by Gasteiger charge is 2.15. The minimum absolute atomic E-state index is 0.346. The number of ether oxygens (including phenoxy) is 1. The number of anilines is 1. The zero-order valence-corrected chi connectivity index (χ0v) is 17.0. The number of rotatable bonds is 7. The largest absolute Gasteiger partial charge is 0.489 e. The number of hydrogen-bond acceptors (Lipinski definition) is 7. The van der Waals surface area contributed by atoms with Crippen LogP contribution in [0.5, 0.6) is 5.75 Å². The van der Waals surface area contributed by atoms with Crippen LogP contribution in [0.1, 0.15) is 17.0 Å². The summed E-state index contributed by atoms with van der Waals surface area (Å²) in [5.41, 5.74) is 3.92. The fourth-order valence-electron chi connectivity index (χ4n) is 3.31. The van der Waals surface area contributed by atoms with Gasteiger partial charge in [0.15, 0.2) is 5.58 Å². The maximum absolute atomic E-state index is 9.07. The maximum atomic E-state index is 9.07. The third-order valence-electron chi connectivity index (χ3n) is 4.92. The first-order chi connectivity index (χ1) is 15.8. The molecule has 0 atom stereocenters. The molecule has 0 aliphatic rings. The van der Waals surface area contributed by atoms with Gasteiger partial charge < -0.3 is 9.15 Å². The van der Waals surface area contributed by atoms with E-state index in [1.54, 1.807) is 29.5 Å². The molecule has 0 spiro atoms. The lowest BCUT2D eigenvalue weighted by molar-refractivity contribution is 0.306. The second kappa shape index (κ2) is 8.62. The average Bonchev–Trinajstić information content (AvgIpc) is 3.51. The lowest BCUT2D eigenvalue weighted by Gasteiger charge is -2.23. The van der Waals surface area contributed by atoms with Crippen LogP contribution < -0.4 is 9.75 Å². The Morgan fingerprint density at radius 2 is 1.75 bits per heavy atom. The quantitative estimate of drug-likeness (QED) is 0.385. The molecule has 5 rings (SSSR count). The molecule has 0 radical (unpaired) electrons.